The van der Waals surface area contributed by atoms with Crippen LogP contribution in [0, 0.1) is 0 Å². The zero-order chi connectivity index (χ0) is 14.9. The number of fused-ring (bicyclic) bond motifs is 1. The molecule has 0 aromatic heterocycles. The summed E-state index contributed by atoms with van der Waals surface area (Å²) < 4.78 is 22.4. The normalized spacial score (nSPS) is 19.9. The van der Waals surface area contributed by atoms with E-state index in [0.29, 0.717) is 16.5 Å². The predicted octanol–water partition coefficient (Wildman–Crippen LogP) is 3.39. The minimum absolute atomic E-state index is 0.132. The number of halogens is 2. The van der Waals surface area contributed by atoms with Crippen molar-refractivity contribution >= 4 is 33.0 Å². The molecule has 1 aromatic carbocycles. The molecule has 20 heavy (non-hydrogen) atoms. The molecule has 0 aliphatic heterocycles. The molecule has 1 aromatic rings. The quantitative estimate of drug-likeness (QED) is 0.896. The molecule has 2 atom stereocenters. The molecule has 3 nitrogen and oxygen atoms in total. The van der Waals surface area contributed by atoms with Crippen LogP contribution < -0.4 is 5.32 Å². The van der Waals surface area contributed by atoms with E-state index in [-0.39, 0.29) is 17.8 Å². The van der Waals surface area contributed by atoms with Crippen LogP contribution in [0.4, 0.5) is 0 Å². The fourth-order valence-corrected chi connectivity index (χ4v) is 4.11. The van der Waals surface area contributed by atoms with Gasteiger partial charge >= 0.3 is 0 Å². The lowest BCUT2D eigenvalue weighted by Crippen LogP contribution is -2.31. The maximum absolute atomic E-state index is 11.2. The van der Waals surface area contributed by atoms with E-state index in [1.807, 2.05) is 13.0 Å². The summed E-state index contributed by atoms with van der Waals surface area (Å²) in [5, 5.41) is 4.83. The topological polar surface area (TPSA) is 46.2 Å². The van der Waals surface area contributed by atoms with Crippen molar-refractivity contribution in [3.63, 3.8) is 0 Å². The second kappa shape index (κ2) is 6.22. The van der Waals surface area contributed by atoms with E-state index in [2.05, 4.69) is 5.32 Å². The number of hydrogen-bond acceptors (Lipinski definition) is 3. The Kier molecular flexibility index (Phi) is 5.00. The van der Waals surface area contributed by atoms with Crippen LogP contribution in [0.3, 0.4) is 0 Å². The van der Waals surface area contributed by atoms with Gasteiger partial charge in [-0.1, -0.05) is 23.2 Å². The molecule has 0 saturated heterocycles. The first-order valence-electron chi connectivity index (χ1n) is 6.68. The molecule has 112 valence electrons. The highest BCUT2D eigenvalue weighted by atomic mass is 35.5. The van der Waals surface area contributed by atoms with E-state index in [0.717, 1.165) is 18.4 Å². The molecule has 1 aliphatic rings. The van der Waals surface area contributed by atoms with Gasteiger partial charge in [-0.15, -0.1) is 0 Å². The average molecular weight is 336 g/mol. The molecule has 0 bridgehead atoms. The number of nitrogens with one attached hydrogen (secondary N) is 1. The molecule has 0 radical (unpaired) electrons. The van der Waals surface area contributed by atoms with Crippen LogP contribution in [-0.4, -0.2) is 26.5 Å². The third kappa shape index (κ3) is 4.10. The van der Waals surface area contributed by atoms with Gasteiger partial charge in [0.05, 0.1) is 5.75 Å². The van der Waals surface area contributed by atoms with Crippen LogP contribution in [0.1, 0.15) is 36.9 Å². The lowest BCUT2D eigenvalue weighted by molar-refractivity contribution is 0.444. The zero-order valence-corrected chi connectivity index (χ0v) is 13.9. The molecule has 0 fully saturated rings. The van der Waals surface area contributed by atoms with Crippen LogP contribution in [0.15, 0.2) is 12.1 Å². The van der Waals surface area contributed by atoms with Gasteiger partial charge in [0.2, 0.25) is 0 Å². The Labute approximate surface area is 130 Å². The van der Waals surface area contributed by atoms with Crippen molar-refractivity contribution in [2.45, 2.75) is 38.3 Å². The molecule has 1 N–H and O–H groups in total. The lowest BCUT2D eigenvalue weighted by atomic mass is 10.1. The highest BCUT2D eigenvalue weighted by Gasteiger charge is 2.26. The standard InChI is InChI=1S/C14H19Cl2NO2S/c1-9(5-6-20(2,18)19)17-13-4-3-10-7-11(15)8-12(16)14(10)13/h7-9,13,17H,3-6H2,1-2H3/t9-,13-/m0/s1. The molecule has 0 heterocycles. The van der Waals surface area contributed by atoms with E-state index in [4.69, 9.17) is 23.2 Å². The van der Waals surface area contributed by atoms with Crippen molar-refractivity contribution in [2.24, 2.45) is 0 Å². The Morgan fingerprint density at radius 2 is 2.10 bits per heavy atom. The van der Waals surface area contributed by atoms with Crippen molar-refractivity contribution in [3.8, 4) is 0 Å². The number of sulfone groups is 1. The van der Waals surface area contributed by atoms with E-state index in [1.54, 1.807) is 6.07 Å². The Bertz CT molecular complexity index is 601. The first-order valence-corrected chi connectivity index (χ1v) is 9.49. The highest BCUT2D eigenvalue weighted by molar-refractivity contribution is 7.90. The van der Waals surface area contributed by atoms with Gasteiger partial charge in [-0.3, -0.25) is 0 Å². The SMILES string of the molecule is C[C@@H](CCS(C)(=O)=O)N[C@H]1CCc2cc(Cl)cc(Cl)c21. The van der Waals surface area contributed by atoms with Gasteiger partial charge in [-0.2, -0.15) is 0 Å². The van der Waals surface area contributed by atoms with Gasteiger partial charge < -0.3 is 5.32 Å². The monoisotopic (exact) mass is 335 g/mol. The number of hydrogen-bond donors (Lipinski definition) is 1. The maximum atomic E-state index is 11.2. The number of benzene rings is 1. The van der Waals surface area contributed by atoms with Crippen LogP contribution >= 0.6 is 23.2 Å². The molecular formula is C14H19Cl2NO2S. The molecule has 0 spiro atoms. The minimum atomic E-state index is -2.91. The Hall–Kier alpha value is -0.290. The van der Waals surface area contributed by atoms with Gasteiger partial charge in [-0.25, -0.2) is 8.42 Å². The summed E-state index contributed by atoms with van der Waals surface area (Å²) >= 11 is 12.3. The minimum Gasteiger partial charge on any atom is -0.307 e. The Morgan fingerprint density at radius 3 is 2.75 bits per heavy atom. The summed E-state index contributed by atoms with van der Waals surface area (Å²) in [5.74, 6) is 0.203. The zero-order valence-electron chi connectivity index (χ0n) is 11.6. The summed E-state index contributed by atoms with van der Waals surface area (Å²) in [6.45, 7) is 2.01. The fraction of sp³-hybridized carbons (Fsp3) is 0.571. The third-order valence-electron chi connectivity index (χ3n) is 3.64. The van der Waals surface area contributed by atoms with Gasteiger partial charge in [0.1, 0.15) is 9.84 Å². The van der Waals surface area contributed by atoms with Gasteiger partial charge in [0, 0.05) is 28.4 Å². The molecule has 2 rings (SSSR count). The van der Waals surface area contributed by atoms with E-state index in [1.165, 1.54) is 11.8 Å². The van der Waals surface area contributed by atoms with E-state index < -0.39 is 9.84 Å². The second-order valence-corrected chi connectivity index (χ2v) is 8.64. The van der Waals surface area contributed by atoms with Crippen LogP contribution in [0.2, 0.25) is 10.0 Å². The smallest absolute Gasteiger partial charge is 0.147 e. The van der Waals surface area contributed by atoms with E-state index in [9.17, 15) is 8.42 Å². The summed E-state index contributed by atoms with van der Waals surface area (Å²) in [7, 11) is -2.91. The van der Waals surface area contributed by atoms with Gasteiger partial charge in [-0.05, 0) is 49.4 Å². The number of aryl methyl sites for hydroxylation is 1. The van der Waals surface area contributed by atoms with Crippen LogP contribution in [0.25, 0.3) is 0 Å². The van der Waals surface area contributed by atoms with E-state index >= 15 is 0 Å². The highest BCUT2D eigenvalue weighted by Crippen LogP contribution is 2.38. The first kappa shape index (κ1) is 16.1. The summed E-state index contributed by atoms with van der Waals surface area (Å²) in [4.78, 5) is 0. The van der Waals surface area contributed by atoms with Crippen molar-refractivity contribution in [2.75, 3.05) is 12.0 Å². The van der Waals surface area contributed by atoms with Crippen molar-refractivity contribution in [1.29, 1.82) is 0 Å². The van der Waals surface area contributed by atoms with Crippen molar-refractivity contribution < 1.29 is 8.42 Å². The number of rotatable bonds is 5. The summed E-state index contributed by atoms with van der Waals surface area (Å²) in [6, 6.07) is 4.05. The largest absolute Gasteiger partial charge is 0.307 e. The average Bonchev–Trinajstić information content (AvgIpc) is 2.68. The molecule has 6 heteroatoms. The second-order valence-electron chi connectivity index (χ2n) is 5.54. The van der Waals surface area contributed by atoms with Crippen molar-refractivity contribution in [1.82, 2.24) is 5.32 Å². The van der Waals surface area contributed by atoms with Crippen molar-refractivity contribution in [3.05, 3.63) is 33.3 Å². The Morgan fingerprint density at radius 1 is 1.40 bits per heavy atom. The molecule has 0 saturated carbocycles. The Balaban J connectivity index is 2.04. The van der Waals surface area contributed by atoms with Crippen LogP contribution in [-0.2, 0) is 16.3 Å². The maximum Gasteiger partial charge on any atom is 0.147 e. The van der Waals surface area contributed by atoms with Crippen LogP contribution in [0.5, 0.6) is 0 Å². The summed E-state index contributed by atoms with van der Waals surface area (Å²) in [6.07, 6.45) is 3.80. The molecular weight excluding hydrogens is 317 g/mol. The summed E-state index contributed by atoms with van der Waals surface area (Å²) in [5.41, 5.74) is 2.30. The first-order chi connectivity index (χ1) is 9.26. The lowest BCUT2D eigenvalue weighted by Gasteiger charge is -2.21. The molecule has 0 unspecified atom stereocenters. The fourth-order valence-electron chi connectivity index (χ4n) is 2.66. The third-order valence-corrected chi connectivity index (χ3v) is 5.15. The van der Waals surface area contributed by atoms with Gasteiger partial charge in [0.15, 0.2) is 0 Å². The molecule has 0 amide bonds. The predicted molar refractivity (Wildman–Crippen MR) is 84.4 cm³/mol. The van der Waals surface area contributed by atoms with Gasteiger partial charge in [0.25, 0.3) is 0 Å². The molecule has 1 aliphatic carbocycles.